The van der Waals surface area contributed by atoms with Crippen molar-refractivity contribution in [1.29, 1.82) is 0 Å². The Morgan fingerprint density at radius 3 is 2.58 bits per heavy atom. The van der Waals surface area contributed by atoms with Crippen LogP contribution in [0.15, 0.2) is 58.7 Å². The second-order valence-corrected chi connectivity index (χ2v) is 7.29. The van der Waals surface area contributed by atoms with Gasteiger partial charge in [-0.2, -0.15) is 0 Å². The fourth-order valence-corrected chi connectivity index (χ4v) is 3.13. The first-order valence-electron chi connectivity index (χ1n) is 8.97. The summed E-state index contributed by atoms with van der Waals surface area (Å²) in [5.41, 5.74) is 5.49. The second-order valence-electron chi connectivity index (χ2n) is 7.29. The van der Waals surface area contributed by atoms with Crippen LogP contribution in [-0.4, -0.2) is 18.0 Å². The molecule has 1 unspecified atom stereocenters. The molecule has 0 saturated carbocycles. The lowest BCUT2D eigenvalue weighted by Crippen LogP contribution is -2.19. The molecule has 24 heavy (non-hydrogen) atoms. The summed E-state index contributed by atoms with van der Waals surface area (Å²) in [5.74, 6) is 0. The number of aliphatic hydroxyl groups excluding tert-OH is 1. The third-order valence-electron chi connectivity index (χ3n) is 4.52. The van der Waals surface area contributed by atoms with E-state index in [0.717, 1.165) is 5.57 Å². The normalized spacial score (nSPS) is 21.1. The molecule has 1 rings (SSSR count). The Bertz CT molecular complexity index is 557. The standard InChI is InChI=1S/C22H34O2/c1-7-24-21(23)16-18(3)11-8-10-17(2)13-14-20-19(4)12-9-15-22(20,5)6/h8,10-11,13-14,16,21,23H,7,9,12,15H2,1-6H3. The fourth-order valence-electron chi connectivity index (χ4n) is 3.13. The molecule has 0 radical (unpaired) electrons. The summed E-state index contributed by atoms with van der Waals surface area (Å²) in [7, 11) is 0. The van der Waals surface area contributed by atoms with Gasteiger partial charge in [0, 0.05) is 6.61 Å². The van der Waals surface area contributed by atoms with Crippen molar-refractivity contribution in [2.24, 2.45) is 5.41 Å². The predicted octanol–water partition coefficient (Wildman–Crippen LogP) is 5.87. The van der Waals surface area contributed by atoms with Crippen LogP contribution in [-0.2, 0) is 4.74 Å². The number of hydrogen-bond donors (Lipinski definition) is 1. The Morgan fingerprint density at radius 2 is 1.96 bits per heavy atom. The molecule has 1 atom stereocenters. The van der Waals surface area contributed by atoms with Gasteiger partial charge in [0.2, 0.25) is 0 Å². The number of rotatable bonds is 7. The lowest BCUT2D eigenvalue weighted by molar-refractivity contribution is -0.0590. The Labute approximate surface area is 148 Å². The van der Waals surface area contributed by atoms with Crippen molar-refractivity contribution in [2.45, 2.75) is 67.1 Å². The van der Waals surface area contributed by atoms with E-state index >= 15 is 0 Å². The summed E-state index contributed by atoms with van der Waals surface area (Å²) >= 11 is 0. The number of aliphatic hydroxyl groups is 1. The molecule has 0 aromatic rings. The molecule has 0 spiro atoms. The van der Waals surface area contributed by atoms with E-state index in [4.69, 9.17) is 4.74 Å². The van der Waals surface area contributed by atoms with Gasteiger partial charge in [-0.15, -0.1) is 0 Å². The maximum atomic E-state index is 9.57. The Morgan fingerprint density at radius 1 is 1.25 bits per heavy atom. The molecule has 2 heteroatoms. The first-order chi connectivity index (χ1) is 11.3. The van der Waals surface area contributed by atoms with Gasteiger partial charge in [0.1, 0.15) is 0 Å². The summed E-state index contributed by atoms with van der Waals surface area (Å²) in [4.78, 5) is 0. The van der Waals surface area contributed by atoms with E-state index in [1.165, 1.54) is 36.0 Å². The SMILES string of the molecule is CCOC(O)C=C(C)C=CC=C(C)C=CC1=C(C)CCCC1(C)C. The number of allylic oxidation sites excluding steroid dienone is 9. The van der Waals surface area contributed by atoms with E-state index < -0.39 is 6.29 Å². The third-order valence-corrected chi connectivity index (χ3v) is 4.52. The molecule has 0 aliphatic heterocycles. The van der Waals surface area contributed by atoms with Gasteiger partial charge in [-0.3, -0.25) is 0 Å². The minimum atomic E-state index is -0.826. The van der Waals surface area contributed by atoms with Crippen LogP contribution in [0, 0.1) is 5.41 Å². The maximum Gasteiger partial charge on any atom is 0.174 e. The zero-order valence-electron chi connectivity index (χ0n) is 16.2. The molecule has 134 valence electrons. The highest BCUT2D eigenvalue weighted by atomic mass is 16.6. The van der Waals surface area contributed by atoms with Crippen molar-refractivity contribution in [3.63, 3.8) is 0 Å². The first-order valence-corrected chi connectivity index (χ1v) is 8.97. The number of ether oxygens (including phenoxy) is 1. The summed E-state index contributed by atoms with van der Waals surface area (Å²) < 4.78 is 5.09. The van der Waals surface area contributed by atoms with Gasteiger partial charge in [0.05, 0.1) is 0 Å². The van der Waals surface area contributed by atoms with Gasteiger partial charge in [-0.1, -0.05) is 60.9 Å². The third kappa shape index (κ3) is 7.02. The molecule has 2 nitrogen and oxygen atoms in total. The smallest absolute Gasteiger partial charge is 0.174 e. The highest BCUT2D eigenvalue weighted by Gasteiger charge is 2.26. The summed E-state index contributed by atoms with van der Waals surface area (Å²) in [6.07, 6.45) is 15.2. The van der Waals surface area contributed by atoms with Crippen LogP contribution >= 0.6 is 0 Å². The maximum absolute atomic E-state index is 9.57. The average molecular weight is 331 g/mol. The number of hydrogen-bond acceptors (Lipinski definition) is 2. The Kier molecular flexibility index (Phi) is 8.44. The van der Waals surface area contributed by atoms with Gasteiger partial charge >= 0.3 is 0 Å². The van der Waals surface area contributed by atoms with Gasteiger partial charge < -0.3 is 9.84 Å². The Balaban J connectivity index is 2.72. The Hall–Kier alpha value is -1.38. The van der Waals surface area contributed by atoms with Crippen LogP contribution in [0.3, 0.4) is 0 Å². The van der Waals surface area contributed by atoms with Crippen LogP contribution in [0.1, 0.15) is 60.8 Å². The zero-order valence-corrected chi connectivity index (χ0v) is 16.2. The molecule has 0 aromatic carbocycles. The van der Waals surface area contributed by atoms with Crippen molar-refractivity contribution in [1.82, 2.24) is 0 Å². The highest BCUT2D eigenvalue weighted by Crippen LogP contribution is 2.40. The van der Waals surface area contributed by atoms with Crippen molar-refractivity contribution in [3.8, 4) is 0 Å². The monoisotopic (exact) mass is 330 g/mol. The lowest BCUT2D eigenvalue weighted by Gasteiger charge is -2.32. The quantitative estimate of drug-likeness (QED) is 0.467. The molecule has 1 N–H and O–H groups in total. The minimum absolute atomic E-state index is 0.281. The summed E-state index contributed by atoms with van der Waals surface area (Å²) in [6.45, 7) is 13.4. The van der Waals surface area contributed by atoms with Crippen LogP contribution in [0.25, 0.3) is 0 Å². The lowest BCUT2D eigenvalue weighted by atomic mass is 9.72. The molecule has 1 aliphatic carbocycles. The molecule has 0 bridgehead atoms. The van der Waals surface area contributed by atoms with Gasteiger partial charge in [-0.25, -0.2) is 0 Å². The molecule has 0 heterocycles. The summed E-state index contributed by atoms with van der Waals surface area (Å²) in [6, 6.07) is 0. The predicted molar refractivity (Wildman–Crippen MR) is 104 cm³/mol. The van der Waals surface area contributed by atoms with E-state index in [-0.39, 0.29) is 5.41 Å². The van der Waals surface area contributed by atoms with Gasteiger partial charge in [0.15, 0.2) is 6.29 Å². The van der Waals surface area contributed by atoms with E-state index in [0.29, 0.717) is 6.61 Å². The van der Waals surface area contributed by atoms with E-state index in [1.54, 1.807) is 6.08 Å². The van der Waals surface area contributed by atoms with Gasteiger partial charge in [-0.05, 0) is 64.0 Å². The molecule has 0 aromatic heterocycles. The molecular weight excluding hydrogens is 296 g/mol. The van der Waals surface area contributed by atoms with E-state index in [1.807, 2.05) is 26.0 Å². The molecule has 0 saturated heterocycles. The van der Waals surface area contributed by atoms with Crippen molar-refractivity contribution < 1.29 is 9.84 Å². The van der Waals surface area contributed by atoms with Crippen LogP contribution < -0.4 is 0 Å². The molecule has 0 amide bonds. The van der Waals surface area contributed by atoms with Crippen molar-refractivity contribution in [3.05, 3.63) is 58.7 Å². The first kappa shape index (κ1) is 20.7. The molecule has 0 fully saturated rings. The molecule has 1 aliphatic rings. The topological polar surface area (TPSA) is 29.5 Å². The van der Waals surface area contributed by atoms with Crippen LogP contribution in [0.2, 0.25) is 0 Å². The average Bonchev–Trinajstić information content (AvgIpc) is 2.46. The van der Waals surface area contributed by atoms with Crippen molar-refractivity contribution in [2.75, 3.05) is 6.61 Å². The molecular formula is C22H34O2. The minimum Gasteiger partial charge on any atom is -0.365 e. The summed E-state index contributed by atoms with van der Waals surface area (Å²) in [5, 5.41) is 9.57. The second kappa shape index (κ2) is 9.80. The van der Waals surface area contributed by atoms with Crippen LogP contribution in [0.5, 0.6) is 0 Å². The van der Waals surface area contributed by atoms with E-state index in [9.17, 15) is 5.11 Å². The van der Waals surface area contributed by atoms with Crippen LogP contribution in [0.4, 0.5) is 0 Å². The fraction of sp³-hybridized carbons (Fsp3) is 0.545. The zero-order chi connectivity index (χ0) is 18.2. The van der Waals surface area contributed by atoms with Gasteiger partial charge in [0.25, 0.3) is 0 Å². The van der Waals surface area contributed by atoms with E-state index in [2.05, 4.69) is 45.9 Å². The largest absolute Gasteiger partial charge is 0.365 e. The highest BCUT2D eigenvalue weighted by molar-refractivity contribution is 5.37. The van der Waals surface area contributed by atoms with Crippen molar-refractivity contribution >= 4 is 0 Å².